The molecule has 2 heterocycles. The largest absolute Gasteiger partial charge is 0.381 e. The molecule has 2 fully saturated rings. The molecule has 172 valence electrons. The number of rotatable bonds is 7. The van der Waals surface area contributed by atoms with E-state index in [4.69, 9.17) is 15.3 Å². The molecule has 0 spiro atoms. The van der Waals surface area contributed by atoms with Gasteiger partial charge in [-0.15, -0.1) is 5.17 Å². The number of hydroxylamine groups is 1. The molecule has 2 N–H and O–H groups in total. The Balaban J connectivity index is 1.33. The second kappa shape index (κ2) is 10.0. The zero-order valence-corrected chi connectivity index (χ0v) is 19.1. The third kappa shape index (κ3) is 4.96. The van der Waals surface area contributed by atoms with Gasteiger partial charge in [0.15, 0.2) is 5.60 Å². The van der Waals surface area contributed by atoms with Crippen molar-refractivity contribution in [3.63, 3.8) is 0 Å². The normalized spacial score (nSPS) is 19.3. The number of primary amides is 1. The molecule has 0 atom stereocenters. The van der Waals surface area contributed by atoms with Crippen LogP contribution in [-0.4, -0.2) is 68.1 Å². The Morgan fingerprint density at radius 3 is 2.09 bits per heavy atom. The Kier molecular flexibility index (Phi) is 7.10. The van der Waals surface area contributed by atoms with E-state index in [0.717, 1.165) is 32.6 Å². The fourth-order valence-corrected chi connectivity index (χ4v) is 4.43. The fourth-order valence-electron chi connectivity index (χ4n) is 4.43. The van der Waals surface area contributed by atoms with Crippen molar-refractivity contribution in [2.45, 2.75) is 31.8 Å². The number of benzene rings is 2. The van der Waals surface area contributed by atoms with E-state index in [9.17, 15) is 4.79 Å². The standard InChI is InChI=1S/C25H34N4O3/c1-3-20-4-6-21(7-5-20)22-8-10-23(11-9-22)28-14-16-29(17-15-28)27(2)32-25(24(26)30)12-18-31-19-13-25/h4-11H,3,12-19H2,1-2H3,(H2,26,30). The molecule has 4 rings (SSSR count). The molecule has 7 heteroatoms. The summed E-state index contributed by atoms with van der Waals surface area (Å²) in [6.45, 7) is 6.53. The van der Waals surface area contributed by atoms with Crippen molar-refractivity contribution in [3.05, 3.63) is 54.1 Å². The van der Waals surface area contributed by atoms with Gasteiger partial charge in [0, 0.05) is 65.0 Å². The molecule has 0 radical (unpaired) electrons. The van der Waals surface area contributed by atoms with Crippen LogP contribution in [0.1, 0.15) is 25.3 Å². The molecule has 2 aliphatic heterocycles. The lowest BCUT2D eigenvalue weighted by Crippen LogP contribution is -2.59. The Hall–Kier alpha value is -2.45. The first-order chi connectivity index (χ1) is 15.5. The summed E-state index contributed by atoms with van der Waals surface area (Å²) in [5.74, 6) is -0.421. The number of hydrogen-bond acceptors (Lipinski definition) is 6. The predicted molar refractivity (Wildman–Crippen MR) is 126 cm³/mol. The summed E-state index contributed by atoms with van der Waals surface area (Å²) in [7, 11) is 1.86. The van der Waals surface area contributed by atoms with Crippen LogP contribution in [0.4, 0.5) is 5.69 Å². The van der Waals surface area contributed by atoms with Crippen molar-refractivity contribution in [2.24, 2.45) is 5.73 Å². The van der Waals surface area contributed by atoms with E-state index in [1.165, 1.54) is 22.4 Å². The minimum Gasteiger partial charge on any atom is -0.381 e. The van der Waals surface area contributed by atoms with Gasteiger partial charge in [-0.25, -0.2) is 5.01 Å². The van der Waals surface area contributed by atoms with Gasteiger partial charge in [0.1, 0.15) is 0 Å². The van der Waals surface area contributed by atoms with Crippen molar-refractivity contribution in [3.8, 4) is 11.1 Å². The van der Waals surface area contributed by atoms with E-state index in [0.29, 0.717) is 26.1 Å². The molecule has 2 aliphatic rings. The maximum absolute atomic E-state index is 12.1. The highest BCUT2D eigenvalue weighted by Gasteiger charge is 2.42. The molecular weight excluding hydrogens is 404 g/mol. The molecule has 0 aliphatic carbocycles. The molecule has 1 amide bonds. The van der Waals surface area contributed by atoms with E-state index >= 15 is 0 Å². The van der Waals surface area contributed by atoms with Crippen LogP contribution < -0.4 is 10.6 Å². The van der Waals surface area contributed by atoms with Crippen LogP contribution in [0.25, 0.3) is 11.1 Å². The number of piperazine rings is 1. The van der Waals surface area contributed by atoms with E-state index in [1.807, 2.05) is 7.05 Å². The first-order valence-electron chi connectivity index (χ1n) is 11.5. The van der Waals surface area contributed by atoms with Gasteiger partial charge >= 0.3 is 0 Å². The summed E-state index contributed by atoms with van der Waals surface area (Å²) < 4.78 is 5.39. The van der Waals surface area contributed by atoms with Crippen LogP contribution >= 0.6 is 0 Å². The lowest BCUT2D eigenvalue weighted by atomic mass is 9.94. The SMILES string of the molecule is CCc1ccc(-c2ccc(N3CCN(N(C)OC4(C(N)=O)CCOCC4)CC3)cc2)cc1. The Labute approximate surface area is 190 Å². The van der Waals surface area contributed by atoms with Gasteiger partial charge in [0.25, 0.3) is 5.91 Å². The lowest BCUT2D eigenvalue weighted by Gasteiger charge is -2.43. The molecule has 2 aromatic rings. The van der Waals surface area contributed by atoms with Crippen LogP contribution in [-0.2, 0) is 20.8 Å². The van der Waals surface area contributed by atoms with Crippen LogP contribution in [0.2, 0.25) is 0 Å². The molecule has 0 unspecified atom stereocenters. The Morgan fingerprint density at radius 2 is 1.56 bits per heavy atom. The highest BCUT2D eigenvalue weighted by Crippen LogP contribution is 2.28. The molecule has 7 nitrogen and oxygen atoms in total. The van der Waals surface area contributed by atoms with Crippen molar-refractivity contribution in [1.29, 1.82) is 0 Å². The molecule has 2 saturated heterocycles. The van der Waals surface area contributed by atoms with Crippen molar-refractivity contribution in [2.75, 3.05) is 51.3 Å². The number of anilines is 1. The van der Waals surface area contributed by atoms with Gasteiger partial charge in [-0.05, 0) is 35.2 Å². The lowest BCUT2D eigenvalue weighted by molar-refractivity contribution is -0.328. The Bertz CT molecular complexity index is 886. The van der Waals surface area contributed by atoms with Gasteiger partial charge in [0.05, 0.1) is 0 Å². The average Bonchev–Trinajstić information content (AvgIpc) is 2.85. The smallest absolute Gasteiger partial charge is 0.252 e. The van der Waals surface area contributed by atoms with Crippen LogP contribution in [0.15, 0.2) is 48.5 Å². The molecule has 32 heavy (non-hydrogen) atoms. The third-order valence-corrected chi connectivity index (χ3v) is 6.64. The molecule has 0 saturated carbocycles. The van der Waals surface area contributed by atoms with Crippen LogP contribution in [0.5, 0.6) is 0 Å². The van der Waals surface area contributed by atoms with Gasteiger partial charge in [0.2, 0.25) is 0 Å². The summed E-state index contributed by atoms with van der Waals surface area (Å²) in [6.07, 6.45) is 2.03. The van der Waals surface area contributed by atoms with Gasteiger partial charge in [-0.2, -0.15) is 0 Å². The molecule has 2 aromatic carbocycles. The third-order valence-electron chi connectivity index (χ3n) is 6.64. The number of nitrogens with two attached hydrogens (primary N) is 1. The summed E-state index contributed by atoms with van der Waals surface area (Å²) >= 11 is 0. The Morgan fingerprint density at radius 1 is 1.00 bits per heavy atom. The summed E-state index contributed by atoms with van der Waals surface area (Å²) in [5, 5.41) is 3.83. The second-order valence-electron chi connectivity index (χ2n) is 8.56. The van der Waals surface area contributed by atoms with Gasteiger partial charge in [-0.3, -0.25) is 9.63 Å². The monoisotopic (exact) mass is 438 g/mol. The minimum absolute atomic E-state index is 0.421. The fraction of sp³-hybridized carbons (Fsp3) is 0.480. The second-order valence-corrected chi connectivity index (χ2v) is 8.56. The van der Waals surface area contributed by atoms with E-state index < -0.39 is 11.5 Å². The first kappa shape index (κ1) is 22.7. The zero-order chi connectivity index (χ0) is 22.6. The number of hydrazine groups is 1. The highest BCUT2D eigenvalue weighted by atomic mass is 16.7. The summed E-state index contributed by atoms with van der Waals surface area (Å²) in [5.41, 5.74) is 9.75. The quantitative estimate of drug-likeness (QED) is 0.671. The zero-order valence-electron chi connectivity index (χ0n) is 19.1. The maximum atomic E-state index is 12.1. The van der Waals surface area contributed by atoms with Crippen molar-refractivity contribution < 1.29 is 14.4 Å². The molecule has 0 bridgehead atoms. The van der Waals surface area contributed by atoms with E-state index in [1.54, 1.807) is 5.17 Å². The van der Waals surface area contributed by atoms with Crippen LogP contribution in [0, 0.1) is 0 Å². The number of amides is 1. The minimum atomic E-state index is -0.977. The average molecular weight is 439 g/mol. The maximum Gasteiger partial charge on any atom is 0.252 e. The summed E-state index contributed by atoms with van der Waals surface area (Å²) in [4.78, 5) is 20.6. The first-order valence-corrected chi connectivity index (χ1v) is 11.5. The van der Waals surface area contributed by atoms with Gasteiger partial charge < -0.3 is 15.4 Å². The number of hydrogen-bond donors (Lipinski definition) is 1. The number of aryl methyl sites for hydroxylation is 1. The van der Waals surface area contributed by atoms with Crippen molar-refractivity contribution in [1.82, 2.24) is 10.2 Å². The number of carbonyl (C=O) groups excluding carboxylic acids is 1. The van der Waals surface area contributed by atoms with Crippen molar-refractivity contribution >= 4 is 11.6 Å². The topological polar surface area (TPSA) is 71.3 Å². The number of nitrogens with zero attached hydrogens (tertiary/aromatic N) is 3. The predicted octanol–water partition coefficient (Wildman–Crippen LogP) is 2.85. The van der Waals surface area contributed by atoms with E-state index in [-0.39, 0.29) is 0 Å². The molecular formula is C25H34N4O3. The number of ether oxygens (including phenoxy) is 1. The van der Waals surface area contributed by atoms with Gasteiger partial charge in [-0.1, -0.05) is 43.3 Å². The highest BCUT2D eigenvalue weighted by molar-refractivity contribution is 5.83. The molecule has 0 aromatic heterocycles. The van der Waals surface area contributed by atoms with Crippen LogP contribution in [0.3, 0.4) is 0 Å². The summed E-state index contributed by atoms with van der Waals surface area (Å²) in [6, 6.07) is 17.6. The number of carbonyl (C=O) groups is 1. The van der Waals surface area contributed by atoms with E-state index in [2.05, 4.69) is 65.4 Å².